The molecule has 8 heteroatoms. The number of furan rings is 1. The van der Waals surface area contributed by atoms with Crippen LogP contribution >= 0.6 is 0 Å². The van der Waals surface area contributed by atoms with Crippen LogP contribution in [0.1, 0.15) is 41.8 Å². The lowest BCUT2D eigenvalue weighted by Crippen LogP contribution is -2.46. The fourth-order valence-corrected chi connectivity index (χ4v) is 4.37. The van der Waals surface area contributed by atoms with E-state index in [0.29, 0.717) is 13.0 Å². The Morgan fingerprint density at radius 3 is 2.79 bits per heavy atom. The van der Waals surface area contributed by atoms with E-state index in [2.05, 4.69) is 5.10 Å². The van der Waals surface area contributed by atoms with E-state index in [1.807, 2.05) is 13.8 Å². The van der Waals surface area contributed by atoms with Gasteiger partial charge in [-0.25, -0.2) is 8.42 Å². The topological polar surface area (TPSA) is 85.4 Å². The highest BCUT2D eigenvalue weighted by Gasteiger charge is 2.37. The average Bonchev–Trinajstić information content (AvgIpc) is 3.22. The molecule has 0 aliphatic carbocycles. The Kier molecular flexibility index (Phi) is 4.49. The first-order valence-corrected chi connectivity index (χ1v) is 9.88. The molecule has 1 aliphatic rings. The SMILES string of the molecule is CCc1ccc(C(=O)N2CCS(=O)(=O)C[C@@H]2c2cnn(CC)c2)o1. The number of aromatic nitrogens is 2. The van der Waals surface area contributed by atoms with Gasteiger partial charge < -0.3 is 9.32 Å². The smallest absolute Gasteiger partial charge is 0.290 e. The molecule has 3 rings (SSSR count). The summed E-state index contributed by atoms with van der Waals surface area (Å²) in [6.45, 7) is 4.74. The molecule has 0 radical (unpaired) electrons. The van der Waals surface area contributed by atoms with Gasteiger partial charge in [-0.05, 0) is 19.1 Å². The molecule has 1 saturated heterocycles. The van der Waals surface area contributed by atoms with Crippen LogP contribution in [-0.2, 0) is 22.8 Å². The fraction of sp³-hybridized carbons (Fsp3) is 0.500. The van der Waals surface area contributed by atoms with Gasteiger partial charge in [0, 0.05) is 31.3 Å². The standard InChI is InChI=1S/C16H21N3O4S/c1-3-13-5-6-15(23-13)16(20)19-7-8-24(21,22)11-14(19)12-9-17-18(4-2)10-12/h5-6,9-10,14H,3-4,7-8,11H2,1-2H3/t14-/m1/s1. The quantitative estimate of drug-likeness (QED) is 0.836. The number of carbonyl (C=O) groups excluding carboxylic acids is 1. The highest BCUT2D eigenvalue weighted by atomic mass is 32.2. The summed E-state index contributed by atoms with van der Waals surface area (Å²) < 4.78 is 31.4. The molecular formula is C16H21N3O4S. The summed E-state index contributed by atoms with van der Waals surface area (Å²) in [6, 6.07) is 2.89. The molecule has 3 heterocycles. The van der Waals surface area contributed by atoms with E-state index in [1.54, 1.807) is 34.1 Å². The summed E-state index contributed by atoms with van der Waals surface area (Å²) in [5.74, 6) is 0.588. The Hall–Kier alpha value is -2.09. The zero-order chi connectivity index (χ0) is 17.3. The number of hydrogen-bond donors (Lipinski definition) is 0. The van der Waals surface area contributed by atoms with E-state index >= 15 is 0 Å². The lowest BCUT2D eigenvalue weighted by Gasteiger charge is -2.34. The van der Waals surface area contributed by atoms with Crippen molar-refractivity contribution in [3.63, 3.8) is 0 Å². The van der Waals surface area contributed by atoms with Crippen molar-refractivity contribution >= 4 is 15.7 Å². The summed E-state index contributed by atoms with van der Waals surface area (Å²) in [5, 5.41) is 4.20. The molecule has 0 aromatic carbocycles. The third-order valence-electron chi connectivity index (χ3n) is 4.27. The molecule has 1 amide bonds. The predicted molar refractivity (Wildman–Crippen MR) is 88.4 cm³/mol. The van der Waals surface area contributed by atoms with Crippen LogP contribution in [0.15, 0.2) is 28.9 Å². The molecule has 1 atom stereocenters. The first-order chi connectivity index (χ1) is 11.4. The number of nitrogens with zero attached hydrogens (tertiary/aromatic N) is 3. The molecule has 0 saturated carbocycles. The van der Waals surface area contributed by atoms with Crippen molar-refractivity contribution in [3.8, 4) is 0 Å². The Balaban J connectivity index is 1.92. The third-order valence-corrected chi connectivity index (χ3v) is 5.90. The second-order valence-electron chi connectivity index (χ2n) is 5.88. The molecule has 1 fully saturated rings. The zero-order valence-corrected chi connectivity index (χ0v) is 14.6. The van der Waals surface area contributed by atoms with E-state index in [1.165, 1.54) is 0 Å². The third kappa shape index (κ3) is 3.24. The number of sulfone groups is 1. The molecule has 0 N–H and O–H groups in total. The minimum atomic E-state index is -3.19. The Morgan fingerprint density at radius 1 is 1.38 bits per heavy atom. The van der Waals surface area contributed by atoms with Gasteiger partial charge in [0.15, 0.2) is 15.6 Å². The minimum absolute atomic E-state index is 0.0293. The van der Waals surface area contributed by atoms with Gasteiger partial charge in [-0.3, -0.25) is 9.48 Å². The summed E-state index contributed by atoms with van der Waals surface area (Å²) in [4.78, 5) is 14.4. The van der Waals surface area contributed by atoms with Crippen LogP contribution in [-0.4, -0.2) is 47.1 Å². The monoisotopic (exact) mass is 351 g/mol. The van der Waals surface area contributed by atoms with Crippen LogP contribution in [0.3, 0.4) is 0 Å². The van der Waals surface area contributed by atoms with Crippen LogP contribution < -0.4 is 0 Å². The first kappa shape index (κ1) is 16.8. The highest BCUT2D eigenvalue weighted by Crippen LogP contribution is 2.28. The number of amides is 1. The normalized spacial score (nSPS) is 20.2. The van der Waals surface area contributed by atoms with Crippen LogP contribution in [0.4, 0.5) is 0 Å². The summed E-state index contributed by atoms with van der Waals surface area (Å²) >= 11 is 0. The maximum atomic E-state index is 12.8. The molecule has 0 unspecified atom stereocenters. The Bertz CT molecular complexity index is 837. The maximum Gasteiger partial charge on any atom is 0.290 e. The van der Waals surface area contributed by atoms with E-state index in [0.717, 1.165) is 11.3 Å². The number of aryl methyl sites for hydroxylation is 2. The number of carbonyl (C=O) groups is 1. The van der Waals surface area contributed by atoms with Crippen LogP contribution in [0.25, 0.3) is 0 Å². The van der Waals surface area contributed by atoms with Gasteiger partial charge >= 0.3 is 0 Å². The fourth-order valence-electron chi connectivity index (χ4n) is 2.88. The first-order valence-electron chi connectivity index (χ1n) is 8.06. The molecule has 24 heavy (non-hydrogen) atoms. The van der Waals surface area contributed by atoms with Crippen LogP contribution in [0.2, 0.25) is 0 Å². The Labute approximate surface area is 141 Å². The molecule has 2 aromatic rings. The van der Waals surface area contributed by atoms with Gasteiger partial charge in [0.1, 0.15) is 5.76 Å². The predicted octanol–water partition coefficient (Wildman–Crippen LogP) is 1.67. The van der Waals surface area contributed by atoms with Crippen molar-refractivity contribution < 1.29 is 17.6 Å². The highest BCUT2D eigenvalue weighted by molar-refractivity contribution is 7.91. The van der Waals surface area contributed by atoms with Crippen molar-refractivity contribution in [2.45, 2.75) is 32.9 Å². The van der Waals surface area contributed by atoms with Crippen molar-refractivity contribution in [1.29, 1.82) is 0 Å². The van der Waals surface area contributed by atoms with E-state index in [-0.39, 0.29) is 29.7 Å². The molecule has 1 aliphatic heterocycles. The maximum absolute atomic E-state index is 12.8. The van der Waals surface area contributed by atoms with Crippen molar-refractivity contribution in [3.05, 3.63) is 41.6 Å². The second-order valence-corrected chi connectivity index (χ2v) is 8.11. The summed E-state index contributed by atoms with van der Waals surface area (Å²) in [6.07, 6.45) is 4.13. The molecule has 0 spiro atoms. The largest absolute Gasteiger partial charge is 0.456 e. The zero-order valence-electron chi connectivity index (χ0n) is 13.8. The van der Waals surface area contributed by atoms with E-state index in [4.69, 9.17) is 4.42 Å². The molecule has 130 valence electrons. The van der Waals surface area contributed by atoms with E-state index in [9.17, 15) is 13.2 Å². The number of hydrogen-bond acceptors (Lipinski definition) is 5. The van der Waals surface area contributed by atoms with Crippen molar-refractivity contribution in [1.82, 2.24) is 14.7 Å². The van der Waals surface area contributed by atoms with E-state index < -0.39 is 15.9 Å². The molecular weight excluding hydrogens is 330 g/mol. The Morgan fingerprint density at radius 2 is 2.17 bits per heavy atom. The van der Waals surface area contributed by atoms with Crippen LogP contribution in [0, 0.1) is 0 Å². The second kappa shape index (κ2) is 6.43. The number of rotatable bonds is 4. The molecule has 7 nitrogen and oxygen atoms in total. The molecule has 0 bridgehead atoms. The van der Waals surface area contributed by atoms with Gasteiger partial charge in [-0.1, -0.05) is 6.92 Å². The van der Waals surface area contributed by atoms with Crippen LogP contribution in [0.5, 0.6) is 0 Å². The average molecular weight is 351 g/mol. The van der Waals surface area contributed by atoms with Gasteiger partial charge in [-0.2, -0.15) is 5.10 Å². The summed E-state index contributed by atoms with van der Waals surface area (Å²) in [7, 11) is -3.19. The van der Waals surface area contributed by atoms with Crippen molar-refractivity contribution in [2.75, 3.05) is 18.1 Å². The van der Waals surface area contributed by atoms with Crippen molar-refractivity contribution in [2.24, 2.45) is 0 Å². The van der Waals surface area contributed by atoms with Gasteiger partial charge in [0.2, 0.25) is 0 Å². The van der Waals surface area contributed by atoms with Gasteiger partial charge in [-0.15, -0.1) is 0 Å². The lowest BCUT2D eigenvalue weighted by molar-refractivity contribution is 0.0663. The minimum Gasteiger partial charge on any atom is -0.456 e. The lowest BCUT2D eigenvalue weighted by atomic mass is 10.1. The van der Waals surface area contributed by atoms with Gasteiger partial charge in [0.05, 0.1) is 23.7 Å². The van der Waals surface area contributed by atoms with Gasteiger partial charge in [0.25, 0.3) is 5.91 Å². The molecule has 2 aromatic heterocycles. The summed E-state index contributed by atoms with van der Waals surface area (Å²) in [5.41, 5.74) is 0.732.